The second kappa shape index (κ2) is 5.90. The highest BCUT2D eigenvalue weighted by Gasteiger charge is 2.09. The number of nitrogens with one attached hydrogen (secondary N) is 2. The predicted octanol–water partition coefficient (Wildman–Crippen LogP) is 3.33. The maximum absolute atomic E-state index is 13.3. The van der Waals surface area contributed by atoms with Crippen LogP contribution >= 0.6 is 11.6 Å². The third-order valence-electron chi connectivity index (χ3n) is 2.82. The van der Waals surface area contributed by atoms with E-state index in [1.54, 1.807) is 18.2 Å². The van der Waals surface area contributed by atoms with E-state index in [1.807, 2.05) is 6.92 Å². The number of anilines is 2. The van der Waals surface area contributed by atoms with Gasteiger partial charge in [0.15, 0.2) is 0 Å². The number of carbonyl (C=O) groups excluding carboxylic acids is 1. The van der Waals surface area contributed by atoms with E-state index in [-0.39, 0.29) is 10.9 Å². The van der Waals surface area contributed by atoms with Gasteiger partial charge in [-0.1, -0.05) is 11.6 Å². The summed E-state index contributed by atoms with van der Waals surface area (Å²) < 4.78 is 13.3. The maximum Gasteiger partial charge on any atom is 0.255 e. The van der Waals surface area contributed by atoms with Gasteiger partial charge in [0, 0.05) is 11.3 Å². The lowest BCUT2D eigenvalue weighted by molar-refractivity contribution is 0.102. The lowest BCUT2D eigenvalue weighted by atomic mass is 10.1. The minimum atomic E-state index is -0.580. The van der Waals surface area contributed by atoms with Crippen molar-refractivity contribution in [2.45, 2.75) is 6.92 Å². The number of benzene rings is 2. The molecule has 104 valence electrons. The van der Waals surface area contributed by atoms with Crippen LogP contribution in [0.3, 0.4) is 0 Å². The van der Waals surface area contributed by atoms with E-state index in [9.17, 15) is 9.18 Å². The molecule has 0 fully saturated rings. The topological polar surface area (TPSA) is 67.2 Å². The quantitative estimate of drug-likeness (QED) is 0.601. The zero-order valence-electron chi connectivity index (χ0n) is 10.7. The number of hydrogen-bond acceptors (Lipinski definition) is 3. The summed E-state index contributed by atoms with van der Waals surface area (Å²) in [6, 6.07) is 9.11. The van der Waals surface area contributed by atoms with Gasteiger partial charge in [0.05, 0.1) is 10.7 Å². The van der Waals surface area contributed by atoms with Crippen LogP contribution in [0, 0.1) is 12.7 Å². The van der Waals surface area contributed by atoms with E-state index >= 15 is 0 Å². The Kier molecular flexibility index (Phi) is 4.22. The van der Waals surface area contributed by atoms with E-state index < -0.39 is 5.82 Å². The number of hydrogen-bond donors (Lipinski definition) is 3. The number of nitrogen functional groups attached to an aromatic ring is 1. The van der Waals surface area contributed by atoms with Crippen molar-refractivity contribution in [1.29, 1.82) is 0 Å². The lowest BCUT2D eigenvalue weighted by Gasteiger charge is -2.09. The number of nitrogens with two attached hydrogens (primary N) is 1. The van der Waals surface area contributed by atoms with Gasteiger partial charge in [0.25, 0.3) is 5.91 Å². The third-order valence-corrected chi connectivity index (χ3v) is 3.13. The summed E-state index contributed by atoms with van der Waals surface area (Å²) in [5, 5.41) is 2.61. The molecule has 2 aromatic rings. The van der Waals surface area contributed by atoms with Gasteiger partial charge in [0.1, 0.15) is 5.82 Å². The van der Waals surface area contributed by atoms with Gasteiger partial charge >= 0.3 is 0 Å². The molecule has 4 nitrogen and oxygen atoms in total. The van der Waals surface area contributed by atoms with Crippen molar-refractivity contribution >= 4 is 28.9 Å². The Labute approximate surface area is 120 Å². The molecule has 2 aromatic carbocycles. The first-order chi connectivity index (χ1) is 9.51. The first-order valence-corrected chi connectivity index (χ1v) is 6.22. The SMILES string of the molecule is Cc1cc(C(=O)Nc2ccc(Cl)c(F)c2)ccc1NN. The fourth-order valence-corrected chi connectivity index (χ4v) is 1.86. The van der Waals surface area contributed by atoms with Crippen molar-refractivity contribution < 1.29 is 9.18 Å². The second-order valence-corrected chi connectivity index (χ2v) is 4.66. The van der Waals surface area contributed by atoms with Crippen LogP contribution in [0.25, 0.3) is 0 Å². The van der Waals surface area contributed by atoms with Crippen LogP contribution in [-0.4, -0.2) is 5.91 Å². The monoisotopic (exact) mass is 293 g/mol. The van der Waals surface area contributed by atoms with Gasteiger partial charge in [-0.3, -0.25) is 10.6 Å². The Balaban J connectivity index is 2.19. The largest absolute Gasteiger partial charge is 0.324 e. The molecule has 0 spiro atoms. The molecule has 20 heavy (non-hydrogen) atoms. The van der Waals surface area contributed by atoms with Crippen LogP contribution in [0.1, 0.15) is 15.9 Å². The summed E-state index contributed by atoms with van der Waals surface area (Å²) in [6.45, 7) is 1.83. The van der Waals surface area contributed by atoms with Crippen LogP contribution in [0.2, 0.25) is 5.02 Å². The van der Waals surface area contributed by atoms with Crippen molar-refractivity contribution in [3.63, 3.8) is 0 Å². The standard InChI is InChI=1S/C14H13ClFN3O/c1-8-6-9(2-5-13(8)19-17)14(20)18-10-3-4-11(15)12(16)7-10/h2-7,19H,17H2,1H3,(H,18,20). The van der Waals surface area contributed by atoms with Crippen molar-refractivity contribution in [2.24, 2.45) is 5.84 Å². The first-order valence-electron chi connectivity index (χ1n) is 5.85. The Hall–Kier alpha value is -2.11. The maximum atomic E-state index is 13.3. The molecule has 0 saturated carbocycles. The fraction of sp³-hybridized carbons (Fsp3) is 0.0714. The highest BCUT2D eigenvalue weighted by Crippen LogP contribution is 2.20. The van der Waals surface area contributed by atoms with Gasteiger partial charge in [0.2, 0.25) is 0 Å². The highest BCUT2D eigenvalue weighted by atomic mass is 35.5. The zero-order valence-corrected chi connectivity index (χ0v) is 11.5. The molecule has 0 aromatic heterocycles. The predicted molar refractivity (Wildman–Crippen MR) is 78.4 cm³/mol. The third kappa shape index (κ3) is 3.07. The van der Waals surface area contributed by atoms with Crippen LogP contribution in [0.5, 0.6) is 0 Å². The number of aryl methyl sites for hydroxylation is 1. The van der Waals surface area contributed by atoms with Gasteiger partial charge < -0.3 is 10.7 Å². The summed E-state index contributed by atoms with van der Waals surface area (Å²) in [4.78, 5) is 12.0. The normalized spacial score (nSPS) is 10.2. The average Bonchev–Trinajstić information content (AvgIpc) is 2.42. The second-order valence-electron chi connectivity index (χ2n) is 4.26. The lowest BCUT2D eigenvalue weighted by Crippen LogP contribution is -2.13. The highest BCUT2D eigenvalue weighted by molar-refractivity contribution is 6.30. The number of hydrazine groups is 1. The Morgan fingerprint density at radius 1 is 1.25 bits per heavy atom. The molecule has 1 amide bonds. The molecule has 0 heterocycles. The van der Waals surface area contributed by atoms with Crippen LogP contribution in [-0.2, 0) is 0 Å². The van der Waals surface area contributed by atoms with Gasteiger partial charge in [-0.05, 0) is 48.9 Å². The summed E-state index contributed by atoms with van der Waals surface area (Å²) in [7, 11) is 0. The minimum Gasteiger partial charge on any atom is -0.324 e. The Bertz CT molecular complexity index is 661. The van der Waals surface area contributed by atoms with Crippen molar-refractivity contribution in [1.82, 2.24) is 0 Å². The molecule has 0 saturated heterocycles. The molecule has 0 aliphatic carbocycles. The summed E-state index contributed by atoms with van der Waals surface area (Å²) in [5.74, 6) is 4.41. The number of halogens is 2. The average molecular weight is 294 g/mol. The molecule has 0 unspecified atom stereocenters. The van der Waals surface area contributed by atoms with Crippen LogP contribution in [0.4, 0.5) is 15.8 Å². The van der Waals surface area contributed by atoms with Crippen LogP contribution < -0.4 is 16.6 Å². The van der Waals surface area contributed by atoms with Gasteiger partial charge in [-0.2, -0.15) is 0 Å². The van der Waals surface area contributed by atoms with E-state index in [0.717, 1.165) is 11.3 Å². The zero-order chi connectivity index (χ0) is 14.7. The van der Waals surface area contributed by atoms with E-state index in [1.165, 1.54) is 18.2 Å². The summed E-state index contributed by atoms with van der Waals surface area (Å²) >= 11 is 5.58. The summed E-state index contributed by atoms with van der Waals surface area (Å²) in [6.07, 6.45) is 0. The minimum absolute atomic E-state index is 0.0113. The molecular weight excluding hydrogens is 281 g/mol. The van der Waals surface area contributed by atoms with Gasteiger partial charge in [-0.15, -0.1) is 0 Å². The molecule has 0 aliphatic rings. The molecule has 2 rings (SSSR count). The van der Waals surface area contributed by atoms with Crippen LogP contribution in [0.15, 0.2) is 36.4 Å². The van der Waals surface area contributed by atoms with Gasteiger partial charge in [-0.25, -0.2) is 4.39 Å². The molecule has 0 atom stereocenters. The molecule has 0 bridgehead atoms. The fourth-order valence-electron chi connectivity index (χ4n) is 1.74. The number of rotatable bonds is 3. The van der Waals surface area contributed by atoms with E-state index in [0.29, 0.717) is 11.3 Å². The van der Waals surface area contributed by atoms with Crippen molar-refractivity contribution in [3.8, 4) is 0 Å². The number of amides is 1. The molecular formula is C14H13ClFN3O. The molecule has 6 heteroatoms. The van der Waals surface area contributed by atoms with E-state index in [4.69, 9.17) is 17.4 Å². The Morgan fingerprint density at radius 2 is 2.00 bits per heavy atom. The molecule has 4 N–H and O–H groups in total. The number of carbonyl (C=O) groups is 1. The first kappa shape index (κ1) is 14.3. The van der Waals surface area contributed by atoms with E-state index in [2.05, 4.69) is 10.7 Å². The molecule has 0 aliphatic heterocycles. The van der Waals surface area contributed by atoms with Crippen molar-refractivity contribution in [3.05, 3.63) is 58.4 Å². The molecule has 0 radical (unpaired) electrons. The Morgan fingerprint density at radius 3 is 2.60 bits per heavy atom. The smallest absolute Gasteiger partial charge is 0.255 e. The summed E-state index contributed by atoms with van der Waals surface area (Å²) in [5.41, 5.74) is 4.90. The van der Waals surface area contributed by atoms with Crippen molar-refractivity contribution in [2.75, 3.05) is 10.7 Å².